The smallest absolute Gasteiger partial charge is 0.239 e. The molecule has 0 radical (unpaired) electrons. The van der Waals surface area contributed by atoms with Crippen LogP contribution in [0.15, 0.2) is 11.8 Å². The zero-order valence-electron chi connectivity index (χ0n) is 6.00. The van der Waals surface area contributed by atoms with Gasteiger partial charge in [-0.1, -0.05) is 0 Å². The summed E-state index contributed by atoms with van der Waals surface area (Å²) in [5.41, 5.74) is 0.160. The van der Waals surface area contributed by atoms with Gasteiger partial charge in [-0.15, -0.1) is 11.6 Å². The average molecular weight is 164 g/mol. The molecule has 0 aliphatic heterocycles. The van der Waals surface area contributed by atoms with Gasteiger partial charge in [-0.25, -0.2) is 0 Å². The summed E-state index contributed by atoms with van der Waals surface area (Å²) in [6, 6.07) is 0. The van der Waals surface area contributed by atoms with Gasteiger partial charge in [0, 0.05) is 12.3 Å². The van der Waals surface area contributed by atoms with Gasteiger partial charge in [0.1, 0.15) is 0 Å². The van der Waals surface area contributed by atoms with Crippen LogP contribution in [-0.2, 0) is 0 Å². The van der Waals surface area contributed by atoms with Crippen LogP contribution < -0.4 is 0 Å². The normalized spacial score (nSPS) is 14.9. The zero-order chi connectivity index (χ0) is 8.15. The summed E-state index contributed by atoms with van der Waals surface area (Å²) in [7, 11) is 0. The molecule has 0 bridgehead atoms. The van der Waals surface area contributed by atoms with Crippen molar-refractivity contribution in [2.45, 2.75) is 25.6 Å². The molecule has 0 aromatic heterocycles. The van der Waals surface area contributed by atoms with Gasteiger partial charge in [0.15, 0.2) is 0 Å². The van der Waals surface area contributed by atoms with E-state index in [0.717, 1.165) is 0 Å². The maximum atomic E-state index is 10.0. The Hall–Kier alpha value is -0.570. The van der Waals surface area contributed by atoms with Crippen LogP contribution in [0.3, 0.4) is 0 Å². The molecular formula is C6H10ClNO2. The van der Waals surface area contributed by atoms with Gasteiger partial charge in [0.05, 0.1) is 4.92 Å². The second kappa shape index (κ2) is 4.28. The number of allylic oxidation sites excluding steroid dienone is 2. The van der Waals surface area contributed by atoms with Crippen LogP contribution in [0.25, 0.3) is 0 Å². The van der Waals surface area contributed by atoms with Crippen LogP contribution in [-0.4, -0.2) is 10.3 Å². The molecule has 3 nitrogen and oxygen atoms in total. The lowest BCUT2D eigenvalue weighted by Crippen LogP contribution is -1.95. The van der Waals surface area contributed by atoms with Crippen LogP contribution in [0.4, 0.5) is 0 Å². The van der Waals surface area contributed by atoms with Gasteiger partial charge in [0.25, 0.3) is 0 Å². The van der Waals surface area contributed by atoms with E-state index in [1.807, 2.05) is 0 Å². The third-order valence-corrected chi connectivity index (χ3v) is 1.20. The monoisotopic (exact) mass is 163 g/mol. The minimum absolute atomic E-state index is 0.0325. The van der Waals surface area contributed by atoms with Gasteiger partial charge < -0.3 is 0 Å². The van der Waals surface area contributed by atoms with Crippen LogP contribution in [0, 0.1) is 10.1 Å². The Kier molecular flexibility index (Phi) is 4.03. The predicted molar refractivity (Wildman–Crippen MR) is 40.7 cm³/mol. The Bertz CT molecular complexity index is 154. The van der Waals surface area contributed by atoms with Gasteiger partial charge in [-0.2, -0.15) is 0 Å². The fraction of sp³-hybridized carbons (Fsp3) is 0.667. The first-order valence-corrected chi connectivity index (χ1v) is 3.43. The van der Waals surface area contributed by atoms with E-state index in [4.69, 9.17) is 11.6 Å². The fourth-order valence-electron chi connectivity index (χ4n) is 0.407. The first-order chi connectivity index (χ1) is 4.54. The standard InChI is InChI=1S/C6H10ClNO2/c1-5(7)3-4-6(2)8(9)10/h4-5H,3H2,1-2H3. The lowest BCUT2D eigenvalue weighted by Gasteiger charge is -1.93. The highest BCUT2D eigenvalue weighted by atomic mass is 35.5. The minimum atomic E-state index is -0.417. The maximum absolute atomic E-state index is 10.0. The van der Waals surface area contributed by atoms with Crippen molar-refractivity contribution in [2.75, 3.05) is 0 Å². The molecule has 1 atom stereocenters. The van der Waals surface area contributed by atoms with Crippen molar-refractivity contribution in [3.63, 3.8) is 0 Å². The third-order valence-electron chi connectivity index (χ3n) is 1.03. The molecule has 0 heterocycles. The molecule has 0 saturated heterocycles. The lowest BCUT2D eigenvalue weighted by molar-refractivity contribution is -0.424. The highest BCUT2D eigenvalue weighted by Gasteiger charge is 2.01. The second-order valence-corrected chi connectivity index (χ2v) is 2.86. The van der Waals surface area contributed by atoms with Gasteiger partial charge in [0.2, 0.25) is 5.70 Å². The van der Waals surface area contributed by atoms with Gasteiger partial charge in [-0.05, 0) is 19.4 Å². The summed E-state index contributed by atoms with van der Waals surface area (Å²) in [6.07, 6.45) is 2.08. The molecule has 58 valence electrons. The molecule has 0 N–H and O–H groups in total. The van der Waals surface area contributed by atoms with Crippen LogP contribution in [0.1, 0.15) is 20.3 Å². The fourth-order valence-corrected chi connectivity index (χ4v) is 0.497. The van der Waals surface area contributed by atoms with E-state index in [9.17, 15) is 10.1 Å². The summed E-state index contributed by atoms with van der Waals surface area (Å²) in [6.45, 7) is 3.25. The summed E-state index contributed by atoms with van der Waals surface area (Å²) in [5, 5.41) is 9.97. The van der Waals surface area contributed by atoms with E-state index in [0.29, 0.717) is 6.42 Å². The predicted octanol–water partition coefficient (Wildman–Crippen LogP) is 2.18. The van der Waals surface area contributed by atoms with E-state index in [2.05, 4.69) is 0 Å². The van der Waals surface area contributed by atoms with Crippen molar-refractivity contribution in [3.05, 3.63) is 21.9 Å². The molecule has 0 saturated carbocycles. The largest absolute Gasteiger partial charge is 0.259 e. The maximum Gasteiger partial charge on any atom is 0.239 e. The van der Waals surface area contributed by atoms with E-state index < -0.39 is 4.92 Å². The Morgan fingerprint density at radius 2 is 2.40 bits per heavy atom. The van der Waals surface area contributed by atoms with Crippen molar-refractivity contribution in [1.82, 2.24) is 0 Å². The second-order valence-electron chi connectivity index (χ2n) is 2.12. The number of rotatable bonds is 3. The Morgan fingerprint density at radius 3 is 2.70 bits per heavy atom. The Morgan fingerprint density at radius 1 is 1.90 bits per heavy atom. The molecule has 0 fully saturated rings. The first-order valence-electron chi connectivity index (χ1n) is 2.99. The van der Waals surface area contributed by atoms with E-state index in [1.165, 1.54) is 13.0 Å². The first kappa shape index (κ1) is 9.43. The van der Waals surface area contributed by atoms with Crippen LogP contribution in [0.2, 0.25) is 0 Å². The number of nitro groups is 1. The SMILES string of the molecule is CC(=CCC(C)Cl)[N+](=O)[O-]. The van der Waals surface area contributed by atoms with E-state index in [-0.39, 0.29) is 11.1 Å². The highest BCUT2D eigenvalue weighted by Crippen LogP contribution is 2.04. The van der Waals surface area contributed by atoms with Gasteiger partial charge >= 0.3 is 0 Å². The number of nitrogens with zero attached hydrogens (tertiary/aromatic N) is 1. The van der Waals surface area contributed by atoms with Crippen LogP contribution in [0.5, 0.6) is 0 Å². The number of alkyl halides is 1. The molecular weight excluding hydrogens is 154 g/mol. The molecule has 0 aromatic carbocycles. The minimum Gasteiger partial charge on any atom is -0.259 e. The van der Waals surface area contributed by atoms with Crippen molar-refractivity contribution < 1.29 is 4.92 Å². The highest BCUT2D eigenvalue weighted by molar-refractivity contribution is 6.20. The lowest BCUT2D eigenvalue weighted by atomic mass is 10.3. The average Bonchev–Trinajstić information content (AvgIpc) is 1.82. The zero-order valence-corrected chi connectivity index (χ0v) is 6.76. The van der Waals surface area contributed by atoms with Crippen molar-refractivity contribution in [3.8, 4) is 0 Å². The molecule has 0 spiro atoms. The summed E-state index contributed by atoms with van der Waals surface area (Å²) in [4.78, 5) is 9.59. The van der Waals surface area contributed by atoms with E-state index in [1.54, 1.807) is 6.92 Å². The molecule has 10 heavy (non-hydrogen) atoms. The Balaban J connectivity index is 3.81. The molecule has 4 heteroatoms. The van der Waals surface area contributed by atoms with Crippen molar-refractivity contribution in [2.24, 2.45) is 0 Å². The van der Waals surface area contributed by atoms with Crippen LogP contribution >= 0.6 is 11.6 Å². The quantitative estimate of drug-likeness (QED) is 0.364. The summed E-state index contributed by atoms with van der Waals surface area (Å²) < 4.78 is 0. The van der Waals surface area contributed by atoms with Crippen molar-refractivity contribution in [1.29, 1.82) is 0 Å². The topological polar surface area (TPSA) is 43.1 Å². The molecule has 0 amide bonds. The number of halogens is 1. The van der Waals surface area contributed by atoms with Crippen molar-refractivity contribution >= 4 is 11.6 Å². The number of hydrogen-bond acceptors (Lipinski definition) is 2. The van der Waals surface area contributed by atoms with E-state index >= 15 is 0 Å². The summed E-state index contributed by atoms with van der Waals surface area (Å²) >= 11 is 5.56. The summed E-state index contributed by atoms with van der Waals surface area (Å²) in [5.74, 6) is 0. The molecule has 0 aliphatic carbocycles. The van der Waals surface area contributed by atoms with Gasteiger partial charge in [-0.3, -0.25) is 10.1 Å². The molecule has 0 rings (SSSR count). The molecule has 0 aromatic rings. The Labute approximate surface area is 64.8 Å². The third kappa shape index (κ3) is 4.32. The molecule has 0 aliphatic rings. The molecule has 1 unspecified atom stereocenters. The number of hydrogen-bond donors (Lipinski definition) is 0.